The normalized spacial score (nSPS) is 20.1. The summed E-state index contributed by atoms with van der Waals surface area (Å²) < 4.78 is 12.0. The molecule has 1 aromatic rings. The van der Waals surface area contributed by atoms with Crippen LogP contribution in [-0.4, -0.2) is 29.1 Å². The molecule has 0 unspecified atom stereocenters. The molecule has 0 aromatic carbocycles. The Labute approximate surface area is 120 Å². The van der Waals surface area contributed by atoms with Gasteiger partial charge in [-0.3, -0.25) is 9.78 Å². The maximum atomic E-state index is 11.4. The predicted octanol–water partition coefficient (Wildman–Crippen LogP) is 1.09. The zero-order valence-electron chi connectivity index (χ0n) is 12.7. The van der Waals surface area contributed by atoms with Gasteiger partial charge < -0.3 is 15.0 Å². The zero-order chi connectivity index (χ0) is 15.1. The second-order valence-corrected chi connectivity index (χ2v) is 6.27. The molecule has 20 heavy (non-hydrogen) atoms. The summed E-state index contributed by atoms with van der Waals surface area (Å²) in [5.41, 5.74) is 7.10. The van der Waals surface area contributed by atoms with Crippen molar-refractivity contribution in [3.8, 4) is 0 Å². The lowest BCUT2D eigenvalue weighted by Gasteiger charge is -2.32. The van der Waals surface area contributed by atoms with Crippen LogP contribution < -0.4 is 11.2 Å². The van der Waals surface area contributed by atoms with Gasteiger partial charge in [0, 0.05) is 24.3 Å². The highest BCUT2D eigenvalue weighted by Gasteiger charge is 2.52. The van der Waals surface area contributed by atoms with Crippen molar-refractivity contribution < 1.29 is 14.1 Å². The fraction of sp³-hybridized carbons (Fsp3) is 0.571. The molecule has 0 saturated carbocycles. The Morgan fingerprint density at radius 3 is 2.30 bits per heavy atom. The van der Waals surface area contributed by atoms with E-state index in [2.05, 4.69) is 4.98 Å². The van der Waals surface area contributed by atoms with Crippen LogP contribution in [-0.2, 0) is 20.5 Å². The van der Waals surface area contributed by atoms with Gasteiger partial charge in [-0.1, -0.05) is 0 Å². The summed E-state index contributed by atoms with van der Waals surface area (Å²) in [4.78, 5) is 15.4. The number of nitrogens with zero attached hydrogens (tertiary/aromatic N) is 1. The van der Waals surface area contributed by atoms with E-state index in [4.69, 9.17) is 15.0 Å². The molecule has 1 aromatic heterocycles. The first-order valence-corrected chi connectivity index (χ1v) is 6.71. The van der Waals surface area contributed by atoms with Crippen molar-refractivity contribution >= 4 is 24.1 Å². The van der Waals surface area contributed by atoms with Crippen LogP contribution in [0.1, 0.15) is 40.2 Å². The number of anilines is 1. The van der Waals surface area contributed by atoms with Crippen molar-refractivity contribution in [3.05, 3.63) is 18.0 Å². The molecule has 0 spiro atoms. The smallest absolute Gasteiger partial charge is 0.399 e. The van der Waals surface area contributed by atoms with Gasteiger partial charge in [0.1, 0.15) is 5.78 Å². The summed E-state index contributed by atoms with van der Waals surface area (Å²) in [6, 6.07) is 0. The fourth-order valence-electron chi connectivity index (χ4n) is 2.19. The van der Waals surface area contributed by atoms with E-state index in [1.165, 1.54) is 6.92 Å². The standard InChI is InChI=1S/C14H21BN2O3/c1-9(18)6-10-7-17-8-11(16)12(10)15-19-13(2,3)14(4,5)20-15/h7-8H,6,16H2,1-5H3. The van der Waals surface area contributed by atoms with E-state index in [0.29, 0.717) is 11.2 Å². The molecule has 0 bridgehead atoms. The molecule has 0 radical (unpaired) electrons. The molecule has 1 aliphatic heterocycles. The van der Waals surface area contributed by atoms with Crippen molar-refractivity contribution in [2.75, 3.05) is 5.73 Å². The number of nitrogens with two attached hydrogens (primary N) is 1. The van der Waals surface area contributed by atoms with Gasteiger partial charge >= 0.3 is 7.12 Å². The molecule has 1 saturated heterocycles. The molecule has 0 amide bonds. The predicted molar refractivity (Wildman–Crippen MR) is 78.8 cm³/mol. The number of carbonyl (C=O) groups is 1. The van der Waals surface area contributed by atoms with Crippen LogP contribution in [0.2, 0.25) is 0 Å². The third-order valence-corrected chi connectivity index (χ3v) is 4.03. The van der Waals surface area contributed by atoms with E-state index in [-0.39, 0.29) is 12.2 Å². The molecule has 5 nitrogen and oxygen atoms in total. The van der Waals surface area contributed by atoms with Crippen molar-refractivity contribution in [2.24, 2.45) is 0 Å². The number of aromatic nitrogens is 1. The third-order valence-electron chi connectivity index (χ3n) is 4.03. The van der Waals surface area contributed by atoms with Crippen molar-refractivity contribution in [2.45, 2.75) is 52.2 Å². The number of Topliss-reactive ketones (excluding diaryl/α,β-unsaturated/α-hetero) is 1. The van der Waals surface area contributed by atoms with E-state index in [9.17, 15) is 4.79 Å². The molecular formula is C14H21BN2O3. The number of pyridine rings is 1. The van der Waals surface area contributed by atoms with Gasteiger partial charge in [0.2, 0.25) is 0 Å². The second-order valence-electron chi connectivity index (χ2n) is 6.27. The molecule has 1 aliphatic rings. The highest BCUT2D eigenvalue weighted by molar-refractivity contribution is 6.64. The lowest BCUT2D eigenvalue weighted by atomic mass is 9.74. The Bertz CT molecular complexity index is 527. The number of hydrogen-bond acceptors (Lipinski definition) is 5. The molecule has 2 N–H and O–H groups in total. The first-order valence-electron chi connectivity index (χ1n) is 6.71. The first-order chi connectivity index (χ1) is 9.14. The Morgan fingerprint density at radius 1 is 1.25 bits per heavy atom. The summed E-state index contributed by atoms with van der Waals surface area (Å²) in [6.07, 6.45) is 3.49. The number of rotatable bonds is 3. The zero-order valence-corrected chi connectivity index (χ0v) is 12.7. The minimum absolute atomic E-state index is 0.0511. The summed E-state index contributed by atoms with van der Waals surface area (Å²) >= 11 is 0. The van der Waals surface area contributed by atoms with Crippen molar-refractivity contribution in [1.29, 1.82) is 0 Å². The van der Waals surface area contributed by atoms with Crippen LogP contribution in [0.15, 0.2) is 12.4 Å². The van der Waals surface area contributed by atoms with Gasteiger partial charge in [-0.15, -0.1) is 0 Å². The van der Waals surface area contributed by atoms with Crippen LogP contribution in [0.25, 0.3) is 0 Å². The molecular weight excluding hydrogens is 255 g/mol. The molecule has 6 heteroatoms. The lowest BCUT2D eigenvalue weighted by molar-refractivity contribution is -0.116. The number of ketones is 1. The van der Waals surface area contributed by atoms with Gasteiger partial charge in [-0.25, -0.2) is 0 Å². The maximum Gasteiger partial charge on any atom is 0.497 e. The molecule has 2 rings (SSSR count). The lowest BCUT2D eigenvalue weighted by Crippen LogP contribution is -2.41. The highest BCUT2D eigenvalue weighted by Crippen LogP contribution is 2.37. The quantitative estimate of drug-likeness (QED) is 0.836. The van der Waals surface area contributed by atoms with Crippen LogP contribution in [0.3, 0.4) is 0 Å². The second kappa shape index (κ2) is 4.86. The topological polar surface area (TPSA) is 74.4 Å². The number of nitrogen functional groups attached to an aromatic ring is 1. The summed E-state index contributed by atoms with van der Waals surface area (Å²) in [7, 11) is -0.572. The van der Waals surface area contributed by atoms with E-state index < -0.39 is 18.3 Å². The van der Waals surface area contributed by atoms with Crippen LogP contribution in [0.5, 0.6) is 0 Å². The minimum Gasteiger partial charge on any atom is -0.399 e. The average molecular weight is 276 g/mol. The van der Waals surface area contributed by atoms with Gasteiger partial charge in [0.25, 0.3) is 0 Å². The van der Waals surface area contributed by atoms with Crippen LogP contribution >= 0.6 is 0 Å². The van der Waals surface area contributed by atoms with Gasteiger partial charge in [0.15, 0.2) is 0 Å². The monoisotopic (exact) mass is 276 g/mol. The highest BCUT2D eigenvalue weighted by atomic mass is 16.7. The van der Waals surface area contributed by atoms with Crippen molar-refractivity contribution in [3.63, 3.8) is 0 Å². The Kier molecular flexibility index (Phi) is 3.65. The SMILES string of the molecule is CC(=O)Cc1cncc(N)c1B1OC(C)(C)C(C)(C)O1. The maximum absolute atomic E-state index is 11.4. The van der Waals surface area contributed by atoms with Gasteiger partial charge in [-0.05, 0) is 40.2 Å². The van der Waals surface area contributed by atoms with Gasteiger partial charge in [0.05, 0.1) is 16.9 Å². The van der Waals surface area contributed by atoms with E-state index in [1.54, 1.807) is 12.4 Å². The summed E-state index contributed by atoms with van der Waals surface area (Å²) in [5.74, 6) is 0.0511. The Balaban J connectivity index is 2.41. The Morgan fingerprint density at radius 2 is 1.80 bits per heavy atom. The number of hydrogen-bond donors (Lipinski definition) is 1. The fourth-order valence-corrected chi connectivity index (χ4v) is 2.19. The molecule has 0 aliphatic carbocycles. The van der Waals surface area contributed by atoms with E-state index in [1.807, 2.05) is 27.7 Å². The van der Waals surface area contributed by atoms with Crippen LogP contribution in [0, 0.1) is 0 Å². The minimum atomic E-state index is -0.572. The Hall–Kier alpha value is -1.40. The van der Waals surface area contributed by atoms with E-state index >= 15 is 0 Å². The molecule has 0 atom stereocenters. The van der Waals surface area contributed by atoms with E-state index in [0.717, 1.165) is 5.56 Å². The third kappa shape index (κ3) is 2.58. The largest absolute Gasteiger partial charge is 0.497 e. The average Bonchev–Trinajstić information content (AvgIpc) is 2.46. The molecule has 1 fully saturated rings. The first kappa shape index (κ1) is 15.0. The van der Waals surface area contributed by atoms with Crippen molar-refractivity contribution in [1.82, 2.24) is 4.98 Å². The summed E-state index contributed by atoms with van der Waals surface area (Å²) in [5, 5.41) is 0. The van der Waals surface area contributed by atoms with Crippen LogP contribution in [0.4, 0.5) is 5.69 Å². The number of carbonyl (C=O) groups excluding carboxylic acids is 1. The van der Waals surface area contributed by atoms with Gasteiger partial charge in [-0.2, -0.15) is 0 Å². The summed E-state index contributed by atoms with van der Waals surface area (Å²) in [6.45, 7) is 9.46. The molecule has 2 heterocycles. The molecule has 108 valence electrons.